The molecule has 0 spiro atoms. The predicted octanol–water partition coefficient (Wildman–Crippen LogP) is 3.28. The van der Waals surface area contributed by atoms with Gasteiger partial charge >= 0.3 is 0 Å². The van der Waals surface area contributed by atoms with E-state index in [-0.39, 0.29) is 25.4 Å². The van der Waals surface area contributed by atoms with E-state index in [9.17, 15) is 0 Å². The molecule has 2 aromatic carbocycles. The van der Waals surface area contributed by atoms with Gasteiger partial charge in [-0.05, 0) is 5.56 Å². The summed E-state index contributed by atoms with van der Waals surface area (Å²) in [6.45, 7) is 0.625. The largest absolute Gasteiger partial charge is 0.362 e. The van der Waals surface area contributed by atoms with Crippen molar-refractivity contribution >= 4 is 0 Å². The van der Waals surface area contributed by atoms with E-state index in [4.69, 9.17) is 36.5 Å². The monoisotopic (exact) mass is 404 g/mol. The molecule has 0 saturated carbocycles. The Morgan fingerprint density at radius 2 is 1.40 bits per heavy atom. The molecule has 4 rings (SSSR count). The van der Waals surface area contributed by atoms with Gasteiger partial charge in [0.25, 0.3) is 0 Å². The smallest absolute Gasteiger partial charge is 0.184 e. The second-order valence-corrected chi connectivity index (χ2v) is 7.14. The van der Waals surface area contributed by atoms with Crippen LogP contribution in [0.5, 0.6) is 0 Å². The van der Waals surface area contributed by atoms with Crippen LogP contribution in [-0.2, 0) is 23.7 Å². The van der Waals surface area contributed by atoms with Crippen LogP contribution in [-0.4, -0.2) is 44.2 Å². The zero-order valence-electron chi connectivity index (χ0n) is 16.6. The third-order valence-electron chi connectivity index (χ3n) is 5.24. The zero-order valence-corrected chi connectivity index (χ0v) is 16.6. The summed E-state index contributed by atoms with van der Waals surface area (Å²) in [5.74, 6) is 5.07. The first kappa shape index (κ1) is 20.6. The van der Waals surface area contributed by atoms with E-state index in [0.29, 0.717) is 6.61 Å². The zero-order chi connectivity index (χ0) is 20.8. The summed E-state index contributed by atoms with van der Waals surface area (Å²) >= 11 is 0. The van der Waals surface area contributed by atoms with Crippen molar-refractivity contribution in [3.8, 4) is 24.7 Å². The van der Waals surface area contributed by atoms with Gasteiger partial charge in [0.2, 0.25) is 0 Å². The Labute approximate surface area is 177 Å². The molecule has 2 aromatic rings. The molecule has 0 aliphatic carbocycles. The van der Waals surface area contributed by atoms with Crippen LogP contribution in [0.25, 0.3) is 0 Å². The Hall–Kier alpha value is -2.64. The van der Waals surface area contributed by atoms with Crippen LogP contribution in [0.1, 0.15) is 23.5 Å². The molecule has 2 saturated heterocycles. The number of terminal acetylenes is 2. The lowest BCUT2D eigenvalue weighted by Crippen LogP contribution is -2.60. The van der Waals surface area contributed by atoms with Crippen molar-refractivity contribution in [2.45, 2.75) is 36.8 Å². The van der Waals surface area contributed by atoms with Gasteiger partial charge in [-0.15, -0.1) is 12.8 Å². The molecule has 30 heavy (non-hydrogen) atoms. The first-order valence-electron chi connectivity index (χ1n) is 9.94. The maximum atomic E-state index is 6.41. The van der Waals surface area contributed by atoms with Gasteiger partial charge in [0.15, 0.2) is 6.29 Å². The van der Waals surface area contributed by atoms with Crippen molar-refractivity contribution in [2.75, 3.05) is 19.8 Å². The highest BCUT2D eigenvalue weighted by Gasteiger charge is 2.51. The topological polar surface area (TPSA) is 46.2 Å². The highest BCUT2D eigenvalue weighted by Crippen LogP contribution is 2.41. The SMILES string of the molecule is C#CCO[C@@H]1[C@@H](OCC#C)[C@H](c2ccccc2)O[C@@H]2COC(c3ccccc3)O[C@@H]12. The van der Waals surface area contributed by atoms with Crippen molar-refractivity contribution in [1.82, 2.24) is 0 Å². The van der Waals surface area contributed by atoms with Gasteiger partial charge in [0.1, 0.15) is 43.7 Å². The average molecular weight is 404 g/mol. The summed E-state index contributed by atoms with van der Waals surface area (Å²) in [5, 5.41) is 0. The molecule has 6 atom stereocenters. The maximum Gasteiger partial charge on any atom is 0.184 e. The number of benzene rings is 2. The lowest BCUT2D eigenvalue weighted by Gasteiger charge is -2.49. The van der Waals surface area contributed by atoms with Crippen molar-refractivity contribution in [2.24, 2.45) is 0 Å². The van der Waals surface area contributed by atoms with Gasteiger partial charge in [0.05, 0.1) is 6.61 Å². The minimum atomic E-state index is -0.519. The standard InChI is InChI=1S/C25H24O5/c1-3-15-26-23-21(18-11-7-5-8-12-18)29-20-17-28-25(19-13-9-6-10-14-19)30-22(20)24(23)27-16-4-2/h1-2,5-14,20-25H,15-17H2/t20-,21+,22-,23+,24+,25?/m1/s1. The van der Waals surface area contributed by atoms with E-state index >= 15 is 0 Å². The minimum Gasteiger partial charge on any atom is -0.362 e. The molecule has 2 aliphatic heterocycles. The molecule has 0 aromatic heterocycles. The first-order chi connectivity index (χ1) is 14.8. The normalized spacial score (nSPS) is 30.6. The highest BCUT2D eigenvalue weighted by molar-refractivity contribution is 5.22. The fourth-order valence-corrected chi connectivity index (χ4v) is 3.93. The summed E-state index contributed by atoms with van der Waals surface area (Å²) in [4.78, 5) is 0. The molecule has 5 heteroatoms. The number of hydrogen-bond acceptors (Lipinski definition) is 5. The summed E-state index contributed by atoms with van der Waals surface area (Å²) < 4.78 is 30.8. The Balaban J connectivity index is 1.64. The number of fused-ring (bicyclic) bond motifs is 1. The molecular weight excluding hydrogens is 380 g/mol. The van der Waals surface area contributed by atoms with Crippen molar-refractivity contribution in [3.63, 3.8) is 0 Å². The van der Waals surface area contributed by atoms with E-state index < -0.39 is 24.6 Å². The molecule has 0 radical (unpaired) electrons. The Morgan fingerprint density at radius 3 is 2.03 bits per heavy atom. The summed E-state index contributed by atoms with van der Waals surface area (Å²) in [5.41, 5.74) is 1.90. The predicted molar refractivity (Wildman–Crippen MR) is 111 cm³/mol. The van der Waals surface area contributed by atoms with Gasteiger partial charge < -0.3 is 23.7 Å². The number of rotatable bonds is 6. The van der Waals surface area contributed by atoms with Crippen LogP contribution in [0.2, 0.25) is 0 Å². The van der Waals surface area contributed by atoms with Crippen LogP contribution < -0.4 is 0 Å². The molecular formula is C25H24O5. The fraction of sp³-hybridized carbons (Fsp3) is 0.360. The van der Waals surface area contributed by atoms with Crippen LogP contribution in [0.3, 0.4) is 0 Å². The minimum absolute atomic E-state index is 0.128. The molecule has 2 fully saturated rings. The van der Waals surface area contributed by atoms with Crippen LogP contribution in [0, 0.1) is 24.7 Å². The number of ether oxygens (including phenoxy) is 5. The van der Waals surface area contributed by atoms with Crippen molar-refractivity contribution in [1.29, 1.82) is 0 Å². The van der Waals surface area contributed by atoms with Gasteiger partial charge in [0, 0.05) is 5.56 Å². The molecule has 154 valence electrons. The quantitative estimate of drug-likeness (QED) is 0.692. The van der Waals surface area contributed by atoms with Gasteiger partial charge in [-0.1, -0.05) is 72.5 Å². The van der Waals surface area contributed by atoms with Gasteiger partial charge in [-0.3, -0.25) is 0 Å². The fourth-order valence-electron chi connectivity index (χ4n) is 3.93. The summed E-state index contributed by atoms with van der Waals surface area (Å²) in [7, 11) is 0. The molecule has 0 bridgehead atoms. The lowest BCUT2D eigenvalue weighted by molar-refractivity contribution is -0.337. The van der Waals surface area contributed by atoms with Gasteiger partial charge in [-0.2, -0.15) is 0 Å². The first-order valence-corrected chi connectivity index (χ1v) is 9.94. The molecule has 2 heterocycles. The second kappa shape index (κ2) is 9.91. The lowest BCUT2D eigenvalue weighted by atomic mass is 9.90. The van der Waals surface area contributed by atoms with Crippen LogP contribution >= 0.6 is 0 Å². The average Bonchev–Trinajstić information content (AvgIpc) is 2.82. The Kier molecular flexibility index (Phi) is 6.81. The Bertz CT molecular complexity index is 885. The van der Waals surface area contributed by atoms with E-state index in [1.165, 1.54) is 0 Å². The Morgan fingerprint density at radius 1 is 0.800 bits per heavy atom. The second-order valence-electron chi connectivity index (χ2n) is 7.14. The molecule has 2 aliphatic rings. The third kappa shape index (κ3) is 4.42. The number of hydrogen-bond donors (Lipinski definition) is 0. The molecule has 1 unspecified atom stereocenters. The van der Waals surface area contributed by atoms with Gasteiger partial charge in [-0.25, -0.2) is 0 Å². The van der Waals surface area contributed by atoms with Crippen molar-refractivity contribution in [3.05, 3.63) is 71.8 Å². The molecule has 5 nitrogen and oxygen atoms in total. The molecule has 0 N–H and O–H groups in total. The van der Waals surface area contributed by atoms with E-state index in [1.807, 2.05) is 60.7 Å². The molecule has 0 amide bonds. The van der Waals surface area contributed by atoms with Crippen molar-refractivity contribution < 1.29 is 23.7 Å². The van der Waals surface area contributed by atoms with Crippen LogP contribution in [0.4, 0.5) is 0 Å². The van der Waals surface area contributed by atoms with E-state index in [2.05, 4.69) is 11.8 Å². The maximum absolute atomic E-state index is 6.41. The summed E-state index contributed by atoms with van der Waals surface area (Å²) in [6, 6.07) is 19.6. The van der Waals surface area contributed by atoms with Crippen LogP contribution in [0.15, 0.2) is 60.7 Å². The highest BCUT2D eigenvalue weighted by atomic mass is 16.7. The van der Waals surface area contributed by atoms with E-state index in [1.54, 1.807) is 0 Å². The third-order valence-corrected chi connectivity index (χ3v) is 5.24. The van der Waals surface area contributed by atoms with E-state index in [0.717, 1.165) is 11.1 Å². The summed E-state index contributed by atoms with van der Waals surface area (Å²) in [6.07, 6.45) is 8.35.